The highest BCUT2D eigenvalue weighted by Gasteiger charge is 2.42. The third-order valence-electron chi connectivity index (χ3n) is 4.86. The number of carbonyl (C=O) groups is 1. The van der Waals surface area contributed by atoms with Gasteiger partial charge in [0.1, 0.15) is 11.4 Å². The van der Waals surface area contributed by atoms with Crippen molar-refractivity contribution in [2.24, 2.45) is 5.92 Å². The molecule has 3 aliphatic rings. The normalized spacial score (nSPS) is 33.9. The van der Waals surface area contributed by atoms with Crippen LogP contribution in [-0.4, -0.2) is 47.6 Å². The minimum Gasteiger partial charge on any atom is -0.491 e. The standard InChI is InChI=1S/C15H19N3O2/c1-9-4-11-7-18(9)8-13(11)17-15(19)12-5-10-2-3-20-14(10)6-16-12/h5-6,9,11,13H,2-4,7-8H2,1H3,(H,17,19). The van der Waals surface area contributed by atoms with E-state index in [0.29, 0.717) is 24.3 Å². The summed E-state index contributed by atoms with van der Waals surface area (Å²) in [6.45, 7) is 5.06. The summed E-state index contributed by atoms with van der Waals surface area (Å²) in [6.07, 6.45) is 3.73. The summed E-state index contributed by atoms with van der Waals surface area (Å²) in [4.78, 5) is 19.0. The van der Waals surface area contributed by atoms with E-state index in [9.17, 15) is 4.79 Å². The second-order valence-electron chi connectivity index (χ2n) is 6.15. The molecule has 4 rings (SSSR count). The number of amides is 1. The van der Waals surface area contributed by atoms with E-state index >= 15 is 0 Å². The average Bonchev–Trinajstić information content (AvgIpc) is 3.12. The lowest BCUT2D eigenvalue weighted by Gasteiger charge is -2.27. The minimum atomic E-state index is -0.0499. The van der Waals surface area contributed by atoms with Crippen molar-refractivity contribution in [3.05, 3.63) is 23.5 Å². The van der Waals surface area contributed by atoms with Gasteiger partial charge in [-0.2, -0.15) is 0 Å². The quantitative estimate of drug-likeness (QED) is 0.867. The largest absolute Gasteiger partial charge is 0.491 e. The molecule has 2 saturated heterocycles. The van der Waals surface area contributed by atoms with Crippen LogP contribution in [0, 0.1) is 5.92 Å². The summed E-state index contributed by atoms with van der Waals surface area (Å²) in [5.74, 6) is 1.37. The Morgan fingerprint density at radius 3 is 3.15 bits per heavy atom. The first-order valence-corrected chi connectivity index (χ1v) is 7.37. The molecule has 1 aromatic rings. The van der Waals surface area contributed by atoms with E-state index in [1.165, 1.54) is 6.42 Å². The van der Waals surface area contributed by atoms with Crippen molar-refractivity contribution in [3.8, 4) is 5.75 Å². The molecule has 1 aromatic heterocycles. The van der Waals surface area contributed by atoms with Gasteiger partial charge in [0.2, 0.25) is 0 Å². The lowest BCUT2D eigenvalue weighted by Crippen LogP contribution is -2.45. The van der Waals surface area contributed by atoms with Crippen LogP contribution in [0.4, 0.5) is 0 Å². The highest BCUT2D eigenvalue weighted by molar-refractivity contribution is 5.92. The van der Waals surface area contributed by atoms with Gasteiger partial charge in [-0.1, -0.05) is 0 Å². The first-order valence-electron chi connectivity index (χ1n) is 7.37. The van der Waals surface area contributed by atoms with Gasteiger partial charge >= 0.3 is 0 Å². The van der Waals surface area contributed by atoms with E-state index in [1.54, 1.807) is 6.20 Å². The van der Waals surface area contributed by atoms with Gasteiger partial charge in [0.15, 0.2) is 0 Å². The van der Waals surface area contributed by atoms with E-state index in [1.807, 2.05) is 6.07 Å². The lowest BCUT2D eigenvalue weighted by molar-refractivity contribution is 0.0913. The van der Waals surface area contributed by atoms with E-state index in [2.05, 4.69) is 22.1 Å². The number of aromatic nitrogens is 1. The molecule has 0 aliphatic carbocycles. The zero-order chi connectivity index (χ0) is 13.7. The molecule has 0 spiro atoms. The molecule has 1 amide bonds. The van der Waals surface area contributed by atoms with Crippen molar-refractivity contribution in [1.29, 1.82) is 0 Å². The minimum absolute atomic E-state index is 0.0499. The highest BCUT2D eigenvalue weighted by atomic mass is 16.5. The number of carbonyl (C=O) groups excluding carboxylic acids is 1. The van der Waals surface area contributed by atoms with Gasteiger partial charge in [0.25, 0.3) is 5.91 Å². The average molecular weight is 273 g/mol. The summed E-state index contributed by atoms with van der Waals surface area (Å²) in [7, 11) is 0. The molecule has 3 aliphatic heterocycles. The number of ether oxygens (including phenoxy) is 1. The topological polar surface area (TPSA) is 54.5 Å². The molecule has 4 heterocycles. The monoisotopic (exact) mass is 273 g/mol. The van der Waals surface area contributed by atoms with Crippen LogP contribution in [0.25, 0.3) is 0 Å². The number of nitrogens with one attached hydrogen (secondary N) is 1. The molecular weight excluding hydrogens is 254 g/mol. The fraction of sp³-hybridized carbons (Fsp3) is 0.600. The van der Waals surface area contributed by atoms with Gasteiger partial charge in [-0.05, 0) is 25.3 Å². The first kappa shape index (κ1) is 12.1. The zero-order valence-electron chi connectivity index (χ0n) is 11.6. The van der Waals surface area contributed by atoms with E-state index in [-0.39, 0.29) is 11.9 Å². The number of hydrogen-bond donors (Lipinski definition) is 1. The molecular formula is C15H19N3O2. The molecule has 1 N–H and O–H groups in total. The van der Waals surface area contributed by atoms with E-state index in [4.69, 9.17) is 4.74 Å². The number of hydrogen-bond acceptors (Lipinski definition) is 4. The molecule has 0 saturated carbocycles. The summed E-state index contributed by atoms with van der Waals surface area (Å²) in [5, 5.41) is 3.15. The first-order chi connectivity index (χ1) is 9.70. The highest BCUT2D eigenvalue weighted by Crippen LogP contribution is 2.33. The number of rotatable bonds is 2. The number of pyridine rings is 1. The van der Waals surface area contributed by atoms with Gasteiger partial charge in [0.05, 0.1) is 12.8 Å². The summed E-state index contributed by atoms with van der Waals surface area (Å²) in [6, 6.07) is 2.82. The van der Waals surface area contributed by atoms with Gasteiger partial charge in [-0.15, -0.1) is 0 Å². The van der Waals surface area contributed by atoms with Gasteiger partial charge in [-0.25, -0.2) is 4.98 Å². The number of fused-ring (bicyclic) bond motifs is 3. The Balaban J connectivity index is 1.46. The molecule has 0 radical (unpaired) electrons. The Labute approximate surface area is 118 Å². The molecule has 106 valence electrons. The zero-order valence-corrected chi connectivity index (χ0v) is 11.6. The maximum absolute atomic E-state index is 12.3. The van der Waals surface area contributed by atoms with Gasteiger partial charge in [-0.3, -0.25) is 9.69 Å². The van der Waals surface area contributed by atoms with Gasteiger partial charge in [0, 0.05) is 37.2 Å². The molecule has 5 heteroatoms. The second kappa shape index (κ2) is 4.45. The Bertz CT molecular complexity index is 558. The number of piperidine rings is 1. The van der Waals surface area contributed by atoms with Crippen molar-refractivity contribution in [1.82, 2.24) is 15.2 Å². The molecule has 5 nitrogen and oxygen atoms in total. The van der Waals surface area contributed by atoms with Crippen LogP contribution < -0.4 is 10.1 Å². The van der Waals surface area contributed by atoms with Crippen molar-refractivity contribution in [3.63, 3.8) is 0 Å². The summed E-state index contributed by atoms with van der Waals surface area (Å²) < 4.78 is 5.42. The van der Waals surface area contributed by atoms with Crippen LogP contribution in [0.5, 0.6) is 5.75 Å². The van der Waals surface area contributed by atoms with Gasteiger partial charge < -0.3 is 10.1 Å². The Hall–Kier alpha value is -1.62. The van der Waals surface area contributed by atoms with Crippen molar-refractivity contribution < 1.29 is 9.53 Å². The van der Waals surface area contributed by atoms with Crippen LogP contribution in [-0.2, 0) is 6.42 Å². The maximum atomic E-state index is 12.3. The summed E-state index contributed by atoms with van der Waals surface area (Å²) >= 11 is 0. The molecule has 4 atom stereocenters. The fourth-order valence-electron chi connectivity index (χ4n) is 3.70. The van der Waals surface area contributed by atoms with Crippen molar-refractivity contribution >= 4 is 5.91 Å². The predicted octanol–water partition coefficient (Wildman–Crippen LogP) is 0.839. The van der Waals surface area contributed by atoms with Crippen molar-refractivity contribution in [2.75, 3.05) is 19.7 Å². The predicted molar refractivity (Wildman–Crippen MR) is 73.8 cm³/mol. The fourth-order valence-corrected chi connectivity index (χ4v) is 3.70. The van der Waals surface area contributed by atoms with Crippen LogP contribution in [0.3, 0.4) is 0 Å². The molecule has 20 heavy (non-hydrogen) atoms. The maximum Gasteiger partial charge on any atom is 0.270 e. The third kappa shape index (κ3) is 1.88. The third-order valence-corrected chi connectivity index (χ3v) is 4.86. The van der Waals surface area contributed by atoms with Crippen LogP contribution in [0.15, 0.2) is 12.3 Å². The Kier molecular flexibility index (Phi) is 2.70. The molecule has 0 aromatic carbocycles. The Morgan fingerprint density at radius 1 is 1.50 bits per heavy atom. The Morgan fingerprint density at radius 2 is 2.40 bits per heavy atom. The summed E-state index contributed by atoms with van der Waals surface area (Å²) in [5.41, 5.74) is 1.61. The lowest BCUT2D eigenvalue weighted by atomic mass is 9.96. The molecule has 2 bridgehead atoms. The molecule has 2 fully saturated rings. The molecule has 4 unspecified atom stereocenters. The van der Waals surface area contributed by atoms with Crippen LogP contribution in [0.2, 0.25) is 0 Å². The van der Waals surface area contributed by atoms with Crippen molar-refractivity contribution in [2.45, 2.75) is 31.8 Å². The SMILES string of the molecule is CC1CC2CN1CC2NC(=O)c1cc2c(cn1)OCC2. The van der Waals surface area contributed by atoms with Crippen LogP contribution in [0.1, 0.15) is 29.4 Å². The number of nitrogens with zero attached hydrogens (tertiary/aromatic N) is 2. The van der Waals surface area contributed by atoms with E-state index < -0.39 is 0 Å². The smallest absolute Gasteiger partial charge is 0.270 e. The second-order valence-corrected chi connectivity index (χ2v) is 6.15. The van der Waals surface area contributed by atoms with E-state index in [0.717, 1.165) is 30.8 Å². The van der Waals surface area contributed by atoms with Crippen LogP contribution >= 0.6 is 0 Å².